The third kappa shape index (κ3) is 0.391. The highest BCUT2D eigenvalue weighted by atomic mass is 32.1. The van der Waals surface area contributed by atoms with Crippen molar-refractivity contribution in [3.8, 4) is 0 Å². The van der Waals surface area contributed by atoms with Crippen molar-refractivity contribution in [2.75, 3.05) is 5.75 Å². The summed E-state index contributed by atoms with van der Waals surface area (Å²) < 4.78 is 0. The average molecular weight is 140 g/mol. The van der Waals surface area contributed by atoms with Gasteiger partial charge in [-0.25, -0.2) is 0 Å². The number of fused-ring (bicyclic) bond motifs is 1. The van der Waals surface area contributed by atoms with Gasteiger partial charge in [0, 0.05) is 0 Å². The monoisotopic (exact) mass is 140 g/mol. The molecule has 0 aromatic heterocycles. The van der Waals surface area contributed by atoms with Gasteiger partial charge in [-0.3, -0.25) is 0 Å². The minimum atomic E-state index is 1.05. The van der Waals surface area contributed by atoms with Crippen LogP contribution in [-0.4, -0.2) is 5.75 Å². The molecule has 0 nitrogen and oxygen atoms in total. The van der Waals surface area contributed by atoms with Crippen LogP contribution in [0.15, 0.2) is 0 Å². The summed E-state index contributed by atoms with van der Waals surface area (Å²) in [6.07, 6.45) is 3.10. The van der Waals surface area contributed by atoms with Crippen LogP contribution in [0, 0.1) is 29.6 Å². The zero-order valence-electron chi connectivity index (χ0n) is 5.46. The van der Waals surface area contributed by atoms with Crippen molar-refractivity contribution < 1.29 is 0 Å². The molecule has 9 heavy (non-hydrogen) atoms. The Balaban J connectivity index is 1.86. The number of rotatable bonds is 1. The minimum absolute atomic E-state index is 1.05. The lowest BCUT2D eigenvalue weighted by Crippen LogP contribution is -2.31. The Morgan fingerprint density at radius 3 is 2.22 bits per heavy atom. The van der Waals surface area contributed by atoms with Gasteiger partial charge in [-0.05, 0) is 48.2 Å². The quantitative estimate of drug-likeness (QED) is 0.528. The molecule has 0 radical (unpaired) electrons. The largest absolute Gasteiger partial charge is 0.179 e. The molecule has 5 unspecified atom stereocenters. The van der Waals surface area contributed by atoms with E-state index < -0.39 is 0 Å². The molecule has 0 aliphatic heterocycles. The summed E-state index contributed by atoms with van der Waals surface area (Å²) in [5.74, 6) is 6.92. The molecule has 3 rings (SSSR count). The molecule has 1 heteroatoms. The van der Waals surface area contributed by atoms with Gasteiger partial charge >= 0.3 is 0 Å². The van der Waals surface area contributed by atoms with E-state index in [9.17, 15) is 0 Å². The molecule has 3 saturated carbocycles. The summed E-state index contributed by atoms with van der Waals surface area (Å²) in [7, 11) is 0. The summed E-state index contributed by atoms with van der Waals surface area (Å²) in [6, 6.07) is 0. The molecule has 3 aliphatic carbocycles. The molecular weight excluding hydrogens is 128 g/mol. The molecule has 0 aromatic carbocycles. The smallest absolute Gasteiger partial charge is 0.00639 e. The van der Waals surface area contributed by atoms with Gasteiger partial charge in [0.15, 0.2) is 0 Å². The highest BCUT2D eigenvalue weighted by molar-refractivity contribution is 7.80. The van der Waals surface area contributed by atoms with Gasteiger partial charge in [-0.15, -0.1) is 0 Å². The average Bonchev–Trinajstić information content (AvgIpc) is 2.31. The Labute approximate surface area is 61.4 Å². The van der Waals surface area contributed by atoms with E-state index in [1.165, 1.54) is 29.9 Å². The molecule has 0 saturated heterocycles. The van der Waals surface area contributed by atoms with E-state index >= 15 is 0 Å². The molecule has 0 N–H and O–H groups in total. The second-order valence-corrected chi connectivity index (χ2v) is 4.27. The van der Waals surface area contributed by atoms with Crippen LogP contribution in [0.25, 0.3) is 0 Å². The fourth-order valence-electron chi connectivity index (χ4n) is 3.49. The Bertz CT molecular complexity index is 151. The molecule has 5 atom stereocenters. The first-order valence-corrected chi connectivity index (χ1v) is 4.67. The number of hydrogen-bond acceptors (Lipinski definition) is 1. The maximum atomic E-state index is 4.37. The van der Waals surface area contributed by atoms with Crippen LogP contribution >= 0.6 is 12.6 Å². The summed E-state index contributed by atoms with van der Waals surface area (Å²) in [6.45, 7) is 0. The minimum Gasteiger partial charge on any atom is -0.179 e. The van der Waals surface area contributed by atoms with Gasteiger partial charge in [-0.2, -0.15) is 12.6 Å². The molecule has 50 valence electrons. The molecule has 3 aliphatic rings. The Morgan fingerprint density at radius 2 is 1.89 bits per heavy atom. The summed E-state index contributed by atoms with van der Waals surface area (Å²) in [5.41, 5.74) is 0. The second-order valence-electron chi connectivity index (χ2n) is 3.91. The Morgan fingerprint density at radius 1 is 1.11 bits per heavy atom. The summed E-state index contributed by atoms with van der Waals surface area (Å²) in [5, 5.41) is 0. The van der Waals surface area contributed by atoms with Crippen molar-refractivity contribution in [1.82, 2.24) is 0 Å². The van der Waals surface area contributed by atoms with E-state index in [4.69, 9.17) is 0 Å². The molecule has 0 amide bonds. The first kappa shape index (κ1) is 5.06. The molecular formula is C8H12S. The zero-order chi connectivity index (χ0) is 6.01. The first-order valence-electron chi connectivity index (χ1n) is 4.04. The van der Waals surface area contributed by atoms with Crippen molar-refractivity contribution in [1.29, 1.82) is 0 Å². The Kier molecular flexibility index (Phi) is 0.753. The normalized spacial score (nSPS) is 67.0. The van der Waals surface area contributed by atoms with Crippen molar-refractivity contribution in [2.45, 2.75) is 12.8 Å². The lowest BCUT2D eigenvalue weighted by Gasteiger charge is -2.35. The molecule has 0 bridgehead atoms. The van der Waals surface area contributed by atoms with E-state index in [1.807, 2.05) is 0 Å². The van der Waals surface area contributed by atoms with Crippen LogP contribution in [0.1, 0.15) is 12.8 Å². The van der Waals surface area contributed by atoms with Crippen LogP contribution in [0.4, 0.5) is 0 Å². The van der Waals surface area contributed by atoms with Gasteiger partial charge in [0.2, 0.25) is 0 Å². The number of thiol groups is 1. The van der Waals surface area contributed by atoms with Crippen molar-refractivity contribution in [3.05, 3.63) is 0 Å². The molecule has 0 spiro atoms. The topological polar surface area (TPSA) is 0 Å². The first-order chi connectivity index (χ1) is 4.43. The van der Waals surface area contributed by atoms with Crippen LogP contribution in [-0.2, 0) is 0 Å². The predicted octanol–water partition coefficient (Wildman–Crippen LogP) is 1.82. The molecule has 0 heterocycles. The van der Waals surface area contributed by atoms with Crippen LogP contribution in [0.5, 0.6) is 0 Å². The van der Waals surface area contributed by atoms with Gasteiger partial charge in [-0.1, -0.05) is 0 Å². The SMILES string of the molecule is SCC1C2CCC3C1C23. The van der Waals surface area contributed by atoms with Crippen molar-refractivity contribution in [2.24, 2.45) is 29.6 Å². The standard InChI is InChI=1S/C8H12S/c9-3-6-4-1-2-5-7(4)8(5)6/h4-9H,1-3H2. The Hall–Kier alpha value is 0.350. The highest BCUT2D eigenvalue weighted by Crippen LogP contribution is 2.75. The van der Waals surface area contributed by atoms with Gasteiger partial charge in [0.25, 0.3) is 0 Å². The fourth-order valence-corrected chi connectivity index (χ4v) is 4.01. The fraction of sp³-hybridized carbons (Fsp3) is 1.00. The molecule has 0 aromatic rings. The lowest BCUT2D eigenvalue weighted by atomic mass is 9.72. The third-order valence-electron chi connectivity index (χ3n) is 3.88. The van der Waals surface area contributed by atoms with Crippen molar-refractivity contribution >= 4 is 12.6 Å². The maximum Gasteiger partial charge on any atom is -0.00639 e. The highest BCUT2D eigenvalue weighted by Gasteiger charge is 2.71. The predicted molar refractivity (Wildman–Crippen MR) is 40.5 cm³/mol. The van der Waals surface area contributed by atoms with E-state index in [1.54, 1.807) is 6.42 Å². The third-order valence-corrected chi connectivity index (χ3v) is 4.30. The van der Waals surface area contributed by atoms with Gasteiger partial charge < -0.3 is 0 Å². The molecule has 3 fully saturated rings. The zero-order valence-corrected chi connectivity index (χ0v) is 6.35. The maximum absolute atomic E-state index is 4.37. The number of hydrogen-bond donors (Lipinski definition) is 1. The lowest BCUT2D eigenvalue weighted by molar-refractivity contribution is 0.162. The van der Waals surface area contributed by atoms with E-state index in [0.29, 0.717) is 0 Å². The van der Waals surface area contributed by atoms with E-state index in [-0.39, 0.29) is 0 Å². The van der Waals surface area contributed by atoms with E-state index in [0.717, 1.165) is 11.8 Å². The van der Waals surface area contributed by atoms with Crippen LogP contribution in [0.3, 0.4) is 0 Å². The van der Waals surface area contributed by atoms with E-state index in [2.05, 4.69) is 12.6 Å². The summed E-state index contributed by atoms with van der Waals surface area (Å²) >= 11 is 4.37. The van der Waals surface area contributed by atoms with Gasteiger partial charge in [0.05, 0.1) is 0 Å². The summed E-state index contributed by atoms with van der Waals surface area (Å²) in [4.78, 5) is 0. The second kappa shape index (κ2) is 1.34. The van der Waals surface area contributed by atoms with Crippen LogP contribution in [0.2, 0.25) is 0 Å². The van der Waals surface area contributed by atoms with Crippen molar-refractivity contribution in [3.63, 3.8) is 0 Å². The van der Waals surface area contributed by atoms with Crippen LogP contribution < -0.4 is 0 Å². The van der Waals surface area contributed by atoms with Gasteiger partial charge in [0.1, 0.15) is 0 Å².